The van der Waals surface area contributed by atoms with Crippen LogP contribution in [0.1, 0.15) is 0 Å². The summed E-state index contributed by atoms with van der Waals surface area (Å²) in [5, 5.41) is 2.45. The summed E-state index contributed by atoms with van der Waals surface area (Å²) in [6, 6.07) is 14.5. The first kappa shape index (κ1) is 14.3. The summed E-state index contributed by atoms with van der Waals surface area (Å²) < 4.78 is 11.4. The lowest BCUT2D eigenvalue weighted by atomic mass is 10.1. The molecule has 0 aliphatic carbocycles. The lowest BCUT2D eigenvalue weighted by molar-refractivity contribution is -0.0261. The molecule has 4 nitrogen and oxygen atoms in total. The van der Waals surface area contributed by atoms with E-state index >= 15 is 0 Å². The average molecular weight is 286 g/mol. The van der Waals surface area contributed by atoms with Crippen LogP contribution in [-0.2, 0) is 4.74 Å². The summed E-state index contributed by atoms with van der Waals surface area (Å²) in [6.45, 7) is 4.80. The van der Waals surface area contributed by atoms with Crippen molar-refractivity contribution in [1.82, 2.24) is 4.90 Å². The van der Waals surface area contributed by atoms with Gasteiger partial charge in [0.1, 0.15) is 12.4 Å². The molecule has 2 aromatic carbocycles. The highest BCUT2D eigenvalue weighted by atomic mass is 16.5. The Kier molecular flexibility index (Phi) is 4.70. The molecule has 1 aliphatic rings. The van der Waals surface area contributed by atoms with Gasteiger partial charge in [-0.3, -0.25) is 4.90 Å². The maximum absolute atomic E-state index is 5.87. The normalized spacial score (nSPS) is 19.8. The van der Waals surface area contributed by atoms with Crippen LogP contribution in [0.4, 0.5) is 0 Å². The Morgan fingerprint density at radius 1 is 1.19 bits per heavy atom. The highest BCUT2D eigenvalue weighted by Gasteiger charge is 2.18. The molecule has 1 fully saturated rings. The van der Waals surface area contributed by atoms with Crippen molar-refractivity contribution in [2.75, 3.05) is 39.4 Å². The summed E-state index contributed by atoms with van der Waals surface area (Å²) >= 11 is 0. The monoisotopic (exact) mass is 286 g/mol. The maximum Gasteiger partial charge on any atom is 0.120 e. The average Bonchev–Trinajstić information content (AvgIpc) is 2.55. The van der Waals surface area contributed by atoms with Gasteiger partial charge in [0, 0.05) is 26.2 Å². The van der Waals surface area contributed by atoms with Crippen LogP contribution in [0.15, 0.2) is 42.5 Å². The first-order valence-corrected chi connectivity index (χ1v) is 7.51. The van der Waals surface area contributed by atoms with Gasteiger partial charge in [0.25, 0.3) is 0 Å². The second-order valence-electron chi connectivity index (χ2n) is 5.39. The van der Waals surface area contributed by atoms with Gasteiger partial charge in [-0.25, -0.2) is 0 Å². The Bertz CT molecular complexity index is 588. The fraction of sp³-hybridized carbons (Fsp3) is 0.412. The van der Waals surface area contributed by atoms with Gasteiger partial charge in [-0.15, -0.1) is 0 Å². The smallest absolute Gasteiger partial charge is 0.120 e. The van der Waals surface area contributed by atoms with Crippen LogP contribution in [0.5, 0.6) is 5.75 Å². The van der Waals surface area contributed by atoms with E-state index < -0.39 is 0 Å². The molecule has 0 saturated carbocycles. The van der Waals surface area contributed by atoms with E-state index in [9.17, 15) is 0 Å². The molecule has 1 saturated heterocycles. The number of benzene rings is 2. The van der Waals surface area contributed by atoms with Gasteiger partial charge < -0.3 is 15.2 Å². The summed E-state index contributed by atoms with van der Waals surface area (Å²) in [5.74, 6) is 0.928. The Morgan fingerprint density at radius 2 is 2.05 bits per heavy atom. The van der Waals surface area contributed by atoms with E-state index in [-0.39, 0.29) is 6.10 Å². The molecule has 0 radical (unpaired) electrons. The number of fused-ring (bicyclic) bond motifs is 1. The zero-order valence-electron chi connectivity index (χ0n) is 12.2. The molecule has 1 unspecified atom stereocenters. The molecule has 2 N–H and O–H groups in total. The fourth-order valence-electron chi connectivity index (χ4n) is 2.68. The number of morpholine rings is 1. The minimum Gasteiger partial charge on any atom is -0.492 e. The third-order valence-corrected chi connectivity index (χ3v) is 3.88. The van der Waals surface area contributed by atoms with Crippen molar-refractivity contribution < 1.29 is 9.47 Å². The van der Waals surface area contributed by atoms with E-state index in [2.05, 4.69) is 35.2 Å². The van der Waals surface area contributed by atoms with Crippen molar-refractivity contribution in [1.29, 1.82) is 0 Å². The molecule has 1 aliphatic heterocycles. The predicted octanol–water partition coefficient (Wildman–Crippen LogP) is 1.88. The van der Waals surface area contributed by atoms with Gasteiger partial charge in [-0.2, -0.15) is 0 Å². The molecule has 0 amide bonds. The number of ether oxygens (including phenoxy) is 2. The molecule has 1 atom stereocenters. The topological polar surface area (TPSA) is 47.7 Å². The standard InChI is InChI=1S/C17H22N2O2/c18-12-17-13-19(8-10-21-17)7-9-20-16-6-5-14-3-1-2-4-15(14)11-16/h1-6,11,17H,7-10,12-13,18H2. The van der Waals surface area contributed by atoms with Crippen molar-refractivity contribution in [2.24, 2.45) is 5.73 Å². The van der Waals surface area contributed by atoms with E-state index in [1.165, 1.54) is 10.8 Å². The van der Waals surface area contributed by atoms with Crippen LogP contribution >= 0.6 is 0 Å². The highest BCUT2D eigenvalue weighted by Crippen LogP contribution is 2.20. The van der Waals surface area contributed by atoms with Crippen LogP contribution in [0.3, 0.4) is 0 Å². The second-order valence-corrected chi connectivity index (χ2v) is 5.39. The predicted molar refractivity (Wildman–Crippen MR) is 84.7 cm³/mol. The van der Waals surface area contributed by atoms with Crippen LogP contribution in [0, 0.1) is 0 Å². The largest absolute Gasteiger partial charge is 0.492 e. The van der Waals surface area contributed by atoms with E-state index in [1.807, 2.05) is 12.1 Å². The number of hydrogen-bond donors (Lipinski definition) is 1. The molecule has 4 heteroatoms. The van der Waals surface area contributed by atoms with Crippen LogP contribution in [0.25, 0.3) is 10.8 Å². The molecule has 0 aromatic heterocycles. The highest BCUT2D eigenvalue weighted by molar-refractivity contribution is 5.83. The lowest BCUT2D eigenvalue weighted by Crippen LogP contribution is -2.46. The Balaban J connectivity index is 1.52. The van der Waals surface area contributed by atoms with E-state index in [0.717, 1.165) is 32.0 Å². The van der Waals surface area contributed by atoms with E-state index in [1.54, 1.807) is 0 Å². The molecule has 112 valence electrons. The Morgan fingerprint density at radius 3 is 2.90 bits per heavy atom. The second kappa shape index (κ2) is 6.89. The molecular formula is C17H22N2O2. The summed E-state index contributed by atoms with van der Waals surface area (Å²) in [6.07, 6.45) is 0.166. The van der Waals surface area contributed by atoms with Crippen molar-refractivity contribution in [3.63, 3.8) is 0 Å². The molecule has 3 rings (SSSR count). The lowest BCUT2D eigenvalue weighted by Gasteiger charge is -2.32. The molecule has 1 heterocycles. The van der Waals surface area contributed by atoms with Gasteiger partial charge in [0.05, 0.1) is 12.7 Å². The van der Waals surface area contributed by atoms with Crippen LogP contribution in [0.2, 0.25) is 0 Å². The summed E-state index contributed by atoms with van der Waals surface area (Å²) in [5.41, 5.74) is 5.66. The molecule has 0 bridgehead atoms. The van der Waals surface area contributed by atoms with E-state index in [4.69, 9.17) is 15.2 Å². The van der Waals surface area contributed by atoms with Gasteiger partial charge in [-0.1, -0.05) is 30.3 Å². The van der Waals surface area contributed by atoms with Gasteiger partial charge in [0.15, 0.2) is 0 Å². The first-order chi connectivity index (χ1) is 10.3. The van der Waals surface area contributed by atoms with Crippen molar-refractivity contribution in [2.45, 2.75) is 6.10 Å². The van der Waals surface area contributed by atoms with Crippen molar-refractivity contribution in [3.8, 4) is 5.75 Å². The van der Waals surface area contributed by atoms with E-state index in [0.29, 0.717) is 13.2 Å². The van der Waals surface area contributed by atoms with Crippen LogP contribution in [-0.4, -0.2) is 50.4 Å². The quantitative estimate of drug-likeness (QED) is 0.911. The van der Waals surface area contributed by atoms with Crippen LogP contribution < -0.4 is 10.5 Å². The number of hydrogen-bond acceptors (Lipinski definition) is 4. The zero-order chi connectivity index (χ0) is 14.5. The van der Waals surface area contributed by atoms with Gasteiger partial charge in [-0.05, 0) is 22.9 Å². The summed E-state index contributed by atoms with van der Waals surface area (Å²) in [4.78, 5) is 2.35. The SMILES string of the molecule is NCC1CN(CCOc2ccc3ccccc3c2)CCO1. The Hall–Kier alpha value is -1.62. The van der Waals surface area contributed by atoms with Crippen molar-refractivity contribution in [3.05, 3.63) is 42.5 Å². The number of nitrogens with two attached hydrogens (primary N) is 1. The number of nitrogens with zero attached hydrogens (tertiary/aromatic N) is 1. The van der Waals surface area contributed by atoms with Gasteiger partial charge in [0.2, 0.25) is 0 Å². The molecule has 2 aromatic rings. The molecular weight excluding hydrogens is 264 g/mol. The Labute approximate surface area is 125 Å². The molecule has 21 heavy (non-hydrogen) atoms. The minimum atomic E-state index is 0.166. The van der Waals surface area contributed by atoms with Crippen molar-refractivity contribution >= 4 is 10.8 Å². The molecule has 0 spiro atoms. The maximum atomic E-state index is 5.87. The van der Waals surface area contributed by atoms with Gasteiger partial charge >= 0.3 is 0 Å². The minimum absolute atomic E-state index is 0.166. The fourth-order valence-corrected chi connectivity index (χ4v) is 2.68. The number of rotatable bonds is 5. The third-order valence-electron chi connectivity index (χ3n) is 3.88. The summed E-state index contributed by atoms with van der Waals surface area (Å²) in [7, 11) is 0. The zero-order valence-corrected chi connectivity index (χ0v) is 12.2. The third kappa shape index (κ3) is 3.73. The first-order valence-electron chi connectivity index (χ1n) is 7.51.